The highest BCUT2D eigenvalue weighted by molar-refractivity contribution is 4.87. The van der Waals surface area contributed by atoms with Gasteiger partial charge in [0.25, 0.3) is 0 Å². The number of nitrogens with zero attached hydrogens (tertiary/aromatic N) is 1. The van der Waals surface area contributed by atoms with Gasteiger partial charge in [-0.25, -0.2) is 0 Å². The molecule has 1 aliphatic rings. The lowest BCUT2D eigenvalue weighted by atomic mass is 9.70. The Balaban J connectivity index is 2.44. The molecule has 17 heavy (non-hydrogen) atoms. The third-order valence-electron chi connectivity index (χ3n) is 4.05. The molecular formula is C14H29NO2. The molecule has 1 aliphatic carbocycles. The minimum Gasteiger partial charge on any atom is -0.396 e. The summed E-state index contributed by atoms with van der Waals surface area (Å²) in [4.78, 5) is 2.26. The average Bonchev–Trinajstić information content (AvgIpc) is 2.26. The first kappa shape index (κ1) is 14.9. The molecule has 3 nitrogen and oxygen atoms in total. The molecule has 0 saturated heterocycles. The van der Waals surface area contributed by atoms with Crippen LogP contribution >= 0.6 is 0 Å². The summed E-state index contributed by atoms with van der Waals surface area (Å²) in [6.07, 6.45) is 5.42. The highest BCUT2D eigenvalue weighted by atomic mass is 16.3. The highest BCUT2D eigenvalue weighted by Crippen LogP contribution is 2.39. The van der Waals surface area contributed by atoms with E-state index < -0.39 is 0 Å². The van der Waals surface area contributed by atoms with Crippen LogP contribution in [0.2, 0.25) is 0 Å². The Kier molecular flexibility index (Phi) is 5.90. The molecule has 0 aromatic carbocycles. The Labute approximate surface area is 106 Å². The van der Waals surface area contributed by atoms with Crippen molar-refractivity contribution in [3.05, 3.63) is 0 Å². The van der Waals surface area contributed by atoms with E-state index in [0.29, 0.717) is 6.61 Å². The van der Waals surface area contributed by atoms with Crippen LogP contribution in [0.4, 0.5) is 0 Å². The number of rotatable bonds is 6. The average molecular weight is 243 g/mol. The fraction of sp³-hybridized carbons (Fsp3) is 1.00. The van der Waals surface area contributed by atoms with Crippen molar-refractivity contribution in [2.24, 2.45) is 11.3 Å². The number of hydrogen-bond donors (Lipinski definition) is 2. The van der Waals surface area contributed by atoms with Crippen molar-refractivity contribution in [3.8, 4) is 0 Å². The maximum absolute atomic E-state index is 9.71. The lowest BCUT2D eigenvalue weighted by Gasteiger charge is -2.41. The summed E-state index contributed by atoms with van der Waals surface area (Å²) in [5.41, 5.74) is 0.102. The molecule has 102 valence electrons. The third kappa shape index (κ3) is 4.94. The predicted octanol–water partition coefficient (Wildman–Crippen LogP) is 1.88. The maximum Gasteiger partial charge on any atom is 0.0524 e. The van der Waals surface area contributed by atoms with Crippen LogP contribution in [0.5, 0.6) is 0 Å². The normalized spacial score (nSPS) is 31.8. The second-order valence-electron chi connectivity index (χ2n) is 6.24. The fourth-order valence-electron chi connectivity index (χ4n) is 3.16. The molecule has 3 atom stereocenters. The fourth-order valence-corrected chi connectivity index (χ4v) is 3.16. The van der Waals surface area contributed by atoms with Crippen LogP contribution in [0.1, 0.15) is 46.0 Å². The Bertz CT molecular complexity index is 220. The van der Waals surface area contributed by atoms with Crippen LogP contribution in [0.3, 0.4) is 0 Å². The summed E-state index contributed by atoms with van der Waals surface area (Å²) in [5.74, 6) is 0.737. The molecule has 0 bridgehead atoms. The number of hydrogen-bond acceptors (Lipinski definition) is 3. The van der Waals surface area contributed by atoms with Crippen molar-refractivity contribution < 1.29 is 10.2 Å². The molecule has 0 radical (unpaired) electrons. The standard InChI is InChI=1S/C14H29NO2/c1-12-5-4-7-14(9-12,11-16)10-15(3)8-6-13(2)17/h12-13,16-17H,4-11H2,1-3H3. The molecule has 1 fully saturated rings. The van der Waals surface area contributed by atoms with Gasteiger partial charge in [0.2, 0.25) is 0 Å². The van der Waals surface area contributed by atoms with Crippen molar-refractivity contribution in [1.29, 1.82) is 0 Å². The minimum absolute atomic E-state index is 0.102. The summed E-state index contributed by atoms with van der Waals surface area (Å²) in [6.45, 7) is 6.29. The van der Waals surface area contributed by atoms with Gasteiger partial charge >= 0.3 is 0 Å². The van der Waals surface area contributed by atoms with Gasteiger partial charge in [-0.1, -0.05) is 19.8 Å². The molecule has 1 saturated carbocycles. The first-order valence-electron chi connectivity index (χ1n) is 6.95. The lowest BCUT2D eigenvalue weighted by molar-refractivity contribution is 0.0277. The van der Waals surface area contributed by atoms with Crippen LogP contribution in [0.25, 0.3) is 0 Å². The summed E-state index contributed by atoms with van der Waals surface area (Å²) >= 11 is 0. The van der Waals surface area contributed by atoms with Crippen LogP contribution < -0.4 is 0 Å². The van der Waals surface area contributed by atoms with Gasteiger partial charge in [-0.2, -0.15) is 0 Å². The van der Waals surface area contributed by atoms with E-state index in [1.165, 1.54) is 12.8 Å². The predicted molar refractivity (Wildman–Crippen MR) is 70.9 cm³/mol. The summed E-state index contributed by atoms with van der Waals surface area (Å²) in [6, 6.07) is 0. The minimum atomic E-state index is -0.229. The smallest absolute Gasteiger partial charge is 0.0524 e. The van der Waals surface area contributed by atoms with Gasteiger partial charge in [-0.05, 0) is 39.2 Å². The number of aliphatic hydroxyl groups is 2. The topological polar surface area (TPSA) is 43.7 Å². The van der Waals surface area contributed by atoms with Crippen LogP contribution in [0.15, 0.2) is 0 Å². The van der Waals surface area contributed by atoms with Crippen molar-refractivity contribution in [1.82, 2.24) is 4.90 Å². The first-order chi connectivity index (χ1) is 7.97. The molecule has 3 unspecified atom stereocenters. The monoisotopic (exact) mass is 243 g/mol. The largest absolute Gasteiger partial charge is 0.396 e. The van der Waals surface area contributed by atoms with Crippen LogP contribution in [-0.2, 0) is 0 Å². The summed E-state index contributed by atoms with van der Waals surface area (Å²) < 4.78 is 0. The van der Waals surface area contributed by atoms with Gasteiger partial charge in [0.05, 0.1) is 6.10 Å². The molecule has 0 aromatic rings. The zero-order chi connectivity index (χ0) is 12.9. The van der Waals surface area contributed by atoms with Crippen molar-refractivity contribution in [2.75, 3.05) is 26.7 Å². The first-order valence-corrected chi connectivity index (χ1v) is 6.95. The van der Waals surface area contributed by atoms with E-state index in [2.05, 4.69) is 18.9 Å². The quantitative estimate of drug-likeness (QED) is 0.748. The number of aliphatic hydroxyl groups excluding tert-OH is 2. The molecule has 2 N–H and O–H groups in total. The lowest BCUT2D eigenvalue weighted by Crippen LogP contribution is -2.42. The van der Waals surface area contributed by atoms with Crippen LogP contribution in [0, 0.1) is 11.3 Å². The van der Waals surface area contributed by atoms with E-state index in [9.17, 15) is 10.2 Å². The van der Waals surface area contributed by atoms with Gasteiger partial charge in [-0.3, -0.25) is 0 Å². The van der Waals surface area contributed by atoms with Gasteiger partial charge in [0.1, 0.15) is 0 Å². The van der Waals surface area contributed by atoms with Gasteiger partial charge in [-0.15, -0.1) is 0 Å². The highest BCUT2D eigenvalue weighted by Gasteiger charge is 2.35. The third-order valence-corrected chi connectivity index (χ3v) is 4.05. The molecular weight excluding hydrogens is 214 g/mol. The molecule has 0 aromatic heterocycles. The van der Waals surface area contributed by atoms with E-state index >= 15 is 0 Å². The van der Waals surface area contributed by atoms with E-state index in [-0.39, 0.29) is 11.5 Å². The van der Waals surface area contributed by atoms with Crippen molar-refractivity contribution >= 4 is 0 Å². The van der Waals surface area contributed by atoms with Crippen molar-refractivity contribution in [3.63, 3.8) is 0 Å². The van der Waals surface area contributed by atoms with Gasteiger partial charge < -0.3 is 15.1 Å². The summed E-state index contributed by atoms with van der Waals surface area (Å²) in [5, 5.41) is 19.0. The Morgan fingerprint density at radius 3 is 2.71 bits per heavy atom. The molecule has 0 amide bonds. The second kappa shape index (κ2) is 6.72. The summed E-state index contributed by atoms with van der Waals surface area (Å²) in [7, 11) is 2.10. The van der Waals surface area contributed by atoms with E-state index in [1.54, 1.807) is 0 Å². The second-order valence-corrected chi connectivity index (χ2v) is 6.24. The Morgan fingerprint density at radius 2 is 2.18 bits per heavy atom. The van der Waals surface area contributed by atoms with Gasteiger partial charge in [0.15, 0.2) is 0 Å². The Morgan fingerprint density at radius 1 is 1.47 bits per heavy atom. The molecule has 1 rings (SSSR count). The SMILES string of the molecule is CC(O)CCN(C)CC1(CO)CCCC(C)C1. The van der Waals surface area contributed by atoms with E-state index in [4.69, 9.17) is 0 Å². The Hall–Kier alpha value is -0.120. The molecule has 0 spiro atoms. The molecule has 3 heteroatoms. The zero-order valence-corrected chi connectivity index (χ0v) is 11.7. The molecule has 0 heterocycles. The van der Waals surface area contributed by atoms with Crippen LogP contribution in [-0.4, -0.2) is 48.0 Å². The van der Waals surface area contributed by atoms with E-state index in [1.807, 2.05) is 6.92 Å². The van der Waals surface area contributed by atoms with Gasteiger partial charge in [0, 0.05) is 25.1 Å². The van der Waals surface area contributed by atoms with E-state index in [0.717, 1.165) is 38.3 Å². The maximum atomic E-state index is 9.71. The zero-order valence-electron chi connectivity index (χ0n) is 11.7. The van der Waals surface area contributed by atoms with Crippen molar-refractivity contribution in [2.45, 2.75) is 52.1 Å². The molecule has 0 aliphatic heterocycles.